The second-order valence-electron chi connectivity index (χ2n) is 2.26. The summed E-state index contributed by atoms with van der Waals surface area (Å²) in [5.41, 5.74) is 8.20. The molecule has 2 amide bonds. The largest absolute Gasteiger partial charge is 0.352 e. The number of primary amides is 2. The van der Waals surface area contributed by atoms with Crippen LogP contribution in [0.3, 0.4) is 0 Å². The molecule has 0 saturated heterocycles. The van der Waals surface area contributed by atoms with E-state index in [1.807, 2.05) is 6.07 Å². The van der Waals surface area contributed by atoms with Gasteiger partial charge in [0.15, 0.2) is 0 Å². The third-order valence-corrected chi connectivity index (χ3v) is 0.987. The number of urea groups is 1. The lowest BCUT2D eigenvalue weighted by Crippen LogP contribution is -2.18. The zero-order valence-corrected chi connectivity index (χ0v) is 8.33. The van der Waals surface area contributed by atoms with Gasteiger partial charge in [0.1, 0.15) is 0 Å². The Bertz CT molecular complexity index is 385. The van der Waals surface area contributed by atoms with E-state index in [1.165, 1.54) is 12.4 Å². The van der Waals surface area contributed by atoms with Gasteiger partial charge in [-0.15, -0.1) is 0 Å². The van der Waals surface area contributed by atoms with E-state index in [0.29, 0.717) is 0 Å². The fraction of sp³-hybridized carbons (Fsp3) is 0. The number of aromatic nitrogens is 4. The molecule has 2 aromatic heterocycles. The number of amides is 2. The van der Waals surface area contributed by atoms with Crippen LogP contribution in [0.1, 0.15) is 0 Å². The van der Waals surface area contributed by atoms with Gasteiger partial charge in [-0.1, -0.05) is 0 Å². The Labute approximate surface area is 90.7 Å². The molecule has 0 atom stereocenters. The Morgan fingerprint density at radius 1 is 1.19 bits per heavy atom. The number of carbonyl (C=O) groups is 1. The van der Waals surface area contributed by atoms with Crippen LogP contribution < -0.4 is 17.2 Å². The Hall–Kier alpha value is -2.64. The highest BCUT2D eigenvalue weighted by molar-refractivity contribution is 5.69. The minimum absolute atomic E-state index is 0.303. The summed E-state index contributed by atoms with van der Waals surface area (Å²) in [4.78, 5) is 24.8. The topological polar surface area (TPSA) is 144 Å². The van der Waals surface area contributed by atoms with Crippen molar-refractivity contribution < 1.29 is 4.79 Å². The number of nitrogens with zero attached hydrogens (tertiary/aromatic N) is 2. The summed E-state index contributed by atoms with van der Waals surface area (Å²) in [5, 5.41) is 6.21. The summed E-state index contributed by atoms with van der Waals surface area (Å²) >= 11 is 0. The molecule has 0 aliphatic heterocycles. The number of rotatable bonds is 0. The molecular weight excluding hydrogens is 212 g/mol. The molecule has 86 valence electrons. The van der Waals surface area contributed by atoms with Crippen LogP contribution in [0.2, 0.25) is 0 Å². The maximum Gasteiger partial charge on any atom is 0.344 e. The first-order valence-corrected chi connectivity index (χ1v) is 4.11. The van der Waals surface area contributed by atoms with E-state index in [2.05, 4.69) is 31.6 Å². The lowest BCUT2D eigenvalue weighted by Gasteiger charge is -1.72. The van der Waals surface area contributed by atoms with Crippen molar-refractivity contribution in [3.05, 3.63) is 47.4 Å². The van der Waals surface area contributed by atoms with E-state index in [4.69, 9.17) is 4.79 Å². The van der Waals surface area contributed by atoms with Crippen LogP contribution in [0, 0.1) is 0 Å². The minimum atomic E-state index is -0.833. The summed E-state index contributed by atoms with van der Waals surface area (Å²) in [6, 6.07) is 2.65. The number of nitrogens with one attached hydrogen (secondary N) is 2. The first-order chi connectivity index (χ1) is 7.63. The van der Waals surface area contributed by atoms with Crippen molar-refractivity contribution in [2.75, 3.05) is 0 Å². The van der Waals surface area contributed by atoms with Crippen LogP contribution in [0.5, 0.6) is 0 Å². The molecule has 0 unspecified atom stereocenters. The van der Waals surface area contributed by atoms with Gasteiger partial charge in [0.2, 0.25) is 0 Å². The van der Waals surface area contributed by atoms with Crippen molar-refractivity contribution in [3.8, 4) is 0 Å². The molecule has 2 heterocycles. The highest BCUT2D eigenvalue weighted by Gasteiger charge is 1.70. The van der Waals surface area contributed by atoms with Crippen molar-refractivity contribution in [3.63, 3.8) is 0 Å². The summed E-state index contributed by atoms with van der Waals surface area (Å²) in [7, 11) is 0. The van der Waals surface area contributed by atoms with Crippen molar-refractivity contribution in [2.24, 2.45) is 11.5 Å². The summed E-state index contributed by atoms with van der Waals surface area (Å²) in [5.74, 6) is 0. The molecule has 0 fully saturated rings. The standard InChI is InChI=1S/C4H4N2O.C3H4N2.CH4N2O/c7-4-5-2-1-3-6-4;1-2-4-5-3-1;2-1(3)4/h1-3H,(H,5,6,7);1-3H,(H,4,5);(H4,2,3,4). The maximum absolute atomic E-state index is 10.1. The molecule has 2 rings (SSSR count). The van der Waals surface area contributed by atoms with E-state index in [1.54, 1.807) is 18.5 Å². The molecule has 2 aromatic rings. The number of aromatic amines is 2. The van der Waals surface area contributed by atoms with Gasteiger partial charge in [-0.25, -0.2) is 14.6 Å². The average molecular weight is 224 g/mol. The van der Waals surface area contributed by atoms with Gasteiger partial charge in [-0.2, -0.15) is 5.10 Å². The molecule has 8 nitrogen and oxygen atoms in total. The van der Waals surface area contributed by atoms with Crippen LogP contribution in [0.4, 0.5) is 4.79 Å². The Morgan fingerprint density at radius 3 is 2.00 bits per heavy atom. The van der Waals surface area contributed by atoms with Crippen molar-refractivity contribution in [1.82, 2.24) is 20.2 Å². The summed E-state index contributed by atoms with van der Waals surface area (Å²) in [6.45, 7) is 0. The van der Waals surface area contributed by atoms with Crippen LogP contribution in [-0.2, 0) is 0 Å². The summed E-state index contributed by atoms with van der Waals surface area (Å²) in [6.07, 6.45) is 6.44. The molecule has 0 aromatic carbocycles. The van der Waals surface area contributed by atoms with Gasteiger partial charge in [-0.05, 0) is 12.1 Å². The summed E-state index contributed by atoms with van der Waals surface area (Å²) < 4.78 is 0. The molecule has 0 aliphatic rings. The van der Waals surface area contributed by atoms with E-state index in [-0.39, 0.29) is 5.69 Å². The first-order valence-electron chi connectivity index (χ1n) is 4.11. The van der Waals surface area contributed by atoms with Gasteiger partial charge in [0.25, 0.3) is 0 Å². The van der Waals surface area contributed by atoms with Gasteiger partial charge in [0.05, 0.1) is 0 Å². The van der Waals surface area contributed by atoms with E-state index < -0.39 is 6.03 Å². The van der Waals surface area contributed by atoms with E-state index >= 15 is 0 Å². The predicted octanol–water partition coefficient (Wildman–Crippen LogP) is -0.797. The quantitative estimate of drug-likeness (QED) is 0.464. The van der Waals surface area contributed by atoms with Gasteiger partial charge >= 0.3 is 11.7 Å². The zero-order chi connectivity index (χ0) is 12.2. The molecule has 0 radical (unpaired) electrons. The van der Waals surface area contributed by atoms with Crippen LogP contribution in [0.25, 0.3) is 0 Å². The SMILES string of the molecule is NC(N)=O.O=c1nccc[nH]1.c1cn[nH]c1. The molecule has 16 heavy (non-hydrogen) atoms. The molecule has 0 aliphatic carbocycles. The Morgan fingerprint density at radius 2 is 1.81 bits per heavy atom. The first kappa shape index (κ1) is 13.4. The van der Waals surface area contributed by atoms with Crippen LogP contribution >= 0.6 is 0 Å². The van der Waals surface area contributed by atoms with Gasteiger partial charge in [-0.3, -0.25) is 5.10 Å². The Balaban J connectivity index is 0.000000222. The van der Waals surface area contributed by atoms with Crippen molar-refractivity contribution >= 4 is 6.03 Å². The normalized spacial score (nSPS) is 7.75. The molecular formula is C8H12N6O2. The van der Waals surface area contributed by atoms with E-state index in [0.717, 1.165) is 0 Å². The third-order valence-electron chi connectivity index (χ3n) is 0.987. The Kier molecular flexibility index (Phi) is 7.46. The predicted molar refractivity (Wildman–Crippen MR) is 57.2 cm³/mol. The lowest BCUT2D eigenvalue weighted by molar-refractivity contribution is 0.256. The molecule has 0 spiro atoms. The van der Waals surface area contributed by atoms with E-state index in [9.17, 15) is 4.79 Å². The highest BCUT2D eigenvalue weighted by Crippen LogP contribution is 1.64. The third kappa shape index (κ3) is 11.4. The van der Waals surface area contributed by atoms with Crippen LogP contribution in [0.15, 0.2) is 41.7 Å². The number of H-pyrrole nitrogens is 2. The highest BCUT2D eigenvalue weighted by atomic mass is 16.2. The molecule has 0 bridgehead atoms. The fourth-order valence-corrected chi connectivity index (χ4v) is 0.526. The van der Waals surface area contributed by atoms with Crippen molar-refractivity contribution in [1.29, 1.82) is 0 Å². The molecule has 8 heteroatoms. The second-order valence-corrected chi connectivity index (χ2v) is 2.26. The number of hydrogen-bond acceptors (Lipinski definition) is 4. The number of nitrogens with two attached hydrogens (primary N) is 2. The minimum Gasteiger partial charge on any atom is -0.352 e. The lowest BCUT2D eigenvalue weighted by atomic mass is 10.7. The zero-order valence-electron chi connectivity index (χ0n) is 8.33. The smallest absolute Gasteiger partial charge is 0.344 e. The maximum atomic E-state index is 10.1. The fourth-order valence-electron chi connectivity index (χ4n) is 0.526. The van der Waals surface area contributed by atoms with Gasteiger partial charge in [0, 0.05) is 24.8 Å². The van der Waals surface area contributed by atoms with Crippen LogP contribution in [-0.4, -0.2) is 26.2 Å². The van der Waals surface area contributed by atoms with Crippen molar-refractivity contribution in [2.45, 2.75) is 0 Å². The monoisotopic (exact) mass is 224 g/mol. The molecule has 0 saturated carbocycles. The molecule has 6 N–H and O–H groups in total. The number of carbonyl (C=O) groups excluding carboxylic acids is 1. The number of hydrogen-bond donors (Lipinski definition) is 4. The van der Waals surface area contributed by atoms with Gasteiger partial charge < -0.3 is 16.5 Å². The average Bonchev–Trinajstić information content (AvgIpc) is 2.75. The second kappa shape index (κ2) is 8.94.